The van der Waals surface area contributed by atoms with E-state index < -0.39 is 0 Å². The zero-order valence-electron chi connectivity index (χ0n) is 10.0. The Kier molecular flexibility index (Phi) is 4.06. The zero-order valence-corrected chi connectivity index (χ0v) is 10.0. The molecular weight excluding hydrogens is 233 g/mol. The molecule has 2 aromatic rings. The SMILES string of the molecule is C[C@@H](CNc1ncccn1)Oc1ccc(F)cc1. The van der Waals surface area contributed by atoms with E-state index in [1.54, 1.807) is 30.6 Å². The molecule has 1 heterocycles. The molecule has 2 rings (SSSR count). The number of rotatable bonds is 5. The maximum absolute atomic E-state index is 12.7. The predicted octanol–water partition coefficient (Wildman–Crippen LogP) is 2.50. The van der Waals surface area contributed by atoms with Gasteiger partial charge in [-0.2, -0.15) is 0 Å². The van der Waals surface area contributed by atoms with Gasteiger partial charge in [-0.3, -0.25) is 0 Å². The first-order chi connectivity index (χ1) is 8.74. The highest BCUT2D eigenvalue weighted by Gasteiger charge is 2.04. The van der Waals surface area contributed by atoms with Crippen molar-refractivity contribution in [2.75, 3.05) is 11.9 Å². The summed E-state index contributed by atoms with van der Waals surface area (Å²) in [5, 5.41) is 3.05. The van der Waals surface area contributed by atoms with Crippen LogP contribution >= 0.6 is 0 Å². The van der Waals surface area contributed by atoms with Crippen LogP contribution in [-0.4, -0.2) is 22.6 Å². The van der Waals surface area contributed by atoms with Gasteiger partial charge in [-0.25, -0.2) is 14.4 Å². The maximum Gasteiger partial charge on any atom is 0.222 e. The Morgan fingerprint density at radius 3 is 2.56 bits per heavy atom. The number of halogens is 1. The lowest BCUT2D eigenvalue weighted by Crippen LogP contribution is -2.23. The number of nitrogens with one attached hydrogen (secondary N) is 1. The van der Waals surface area contributed by atoms with Crippen molar-refractivity contribution in [1.29, 1.82) is 0 Å². The summed E-state index contributed by atoms with van der Waals surface area (Å²) in [5.74, 6) is 0.928. The third-order valence-electron chi connectivity index (χ3n) is 2.26. The fraction of sp³-hybridized carbons (Fsp3) is 0.231. The molecule has 0 saturated carbocycles. The Hall–Kier alpha value is -2.17. The van der Waals surface area contributed by atoms with Crippen molar-refractivity contribution < 1.29 is 9.13 Å². The Morgan fingerprint density at radius 1 is 1.22 bits per heavy atom. The molecular formula is C13H14FN3O. The third-order valence-corrected chi connectivity index (χ3v) is 2.26. The van der Waals surface area contributed by atoms with Crippen LogP contribution < -0.4 is 10.1 Å². The van der Waals surface area contributed by atoms with Gasteiger partial charge in [-0.1, -0.05) is 0 Å². The first kappa shape index (κ1) is 12.3. The van der Waals surface area contributed by atoms with Gasteiger partial charge in [0, 0.05) is 12.4 Å². The summed E-state index contributed by atoms with van der Waals surface area (Å²) >= 11 is 0. The normalized spacial score (nSPS) is 11.9. The van der Waals surface area contributed by atoms with E-state index in [1.165, 1.54) is 12.1 Å². The van der Waals surface area contributed by atoms with Crippen molar-refractivity contribution in [3.05, 3.63) is 48.5 Å². The molecule has 0 fully saturated rings. The van der Waals surface area contributed by atoms with Crippen LogP contribution in [0.3, 0.4) is 0 Å². The van der Waals surface area contributed by atoms with Crippen molar-refractivity contribution >= 4 is 5.95 Å². The Labute approximate surface area is 105 Å². The molecule has 0 aliphatic heterocycles. The van der Waals surface area contributed by atoms with Crippen molar-refractivity contribution in [2.24, 2.45) is 0 Å². The second-order valence-corrected chi connectivity index (χ2v) is 3.84. The fourth-order valence-corrected chi connectivity index (χ4v) is 1.41. The number of hydrogen-bond acceptors (Lipinski definition) is 4. The van der Waals surface area contributed by atoms with Crippen molar-refractivity contribution in [2.45, 2.75) is 13.0 Å². The van der Waals surface area contributed by atoms with Crippen LogP contribution in [-0.2, 0) is 0 Å². The number of nitrogens with zero attached hydrogens (tertiary/aromatic N) is 2. The standard InChI is InChI=1S/C13H14FN3O/c1-10(9-17-13-15-7-2-8-16-13)18-12-5-3-11(14)4-6-12/h2-8,10H,9H2,1H3,(H,15,16,17)/t10-/m0/s1. The Balaban J connectivity index is 1.82. The van der Waals surface area contributed by atoms with Gasteiger partial charge in [0.15, 0.2) is 0 Å². The topological polar surface area (TPSA) is 47.0 Å². The van der Waals surface area contributed by atoms with E-state index in [0.717, 1.165) is 0 Å². The number of benzene rings is 1. The minimum atomic E-state index is -0.272. The molecule has 1 atom stereocenters. The Bertz CT molecular complexity index is 475. The summed E-state index contributed by atoms with van der Waals surface area (Å²) in [5.41, 5.74) is 0. The largest absolute Gasteiger partial charge is 0.489 e. The quantitative estimate of drug-likeness (QED) is 0.881. The van der Waals surface area contributed by atoms with E-state index in [1.807, 2.05) is 6.92 Å². The molecule has 94 valence electrons. The molecule has 0 bridgehead atoms. The second-order valence-electron chi connectivity index (χ2n) is 3.84. The van der Waals surface area contributed by atoms with Crippen LogP contribution in [0.1, 0.15) is 6.92 Å². The summed E-state index contributed by atoms with van der Waals surface area (Å²) in [4.78, 5) is 8.08. The molecule has 0 unspecified atom stereocenters. The molecule has 1 aromatic heterocycles. The molecule has 0 radical (unpaired) electrons. The number of ether oxygens (including phenoxy) is 1. The highest BCUT2D eigenvalue weighted by Crippen LogP contribution is 2.13. The molecule has 0 spiro atoms. The molecule has 0 amide bonds. The molecule has 0 aliphatic carbocycles. The van der Waals surface area contributed by atoms with Gasteiger partial charge in [0.25, 0.3) is 0 Å². The number of hydrogen-bond donors (Lipinski definition) is 1. The van der Waals surface area contributed by atoms with Crippen molar-refractivity contribution in [3.8, 4) is 5.75 Å². The highest BCUT2D eigenvalue weighted by molar-refractivity contribution is 5.24. The van der Waals surface area contributed by atoms with Crippen LogP contribution in [0.5, 0.6) is 5.75 Å². The maximum atomic E-state index is 12.7. The molecule has 1 aromatic carbocycles. The van der Waals surface area contributed by atoms with E-state index >= 15 is 0 Å². The first-order valence-corrected chi connectivity index (χ1v) is 5.67. The average Bonchev–Trinajstić information content (AvgIpc) is 2.40. The minimum Gasteiger partial charge on any atom is -0.489 e. The van der Waals surface area contributed by atoms with Gasteiger partial charge in [-0.15, -0.1) is 0 Å². The van der Waals surface area contributed by atoms with E-state index in [4.69, 9.17) is 4.74 Å². The van der Waals surface area contributed by atoms with Crippen LogP contribution in [0.2, 0.25) is 0 Å². The fourth-order valence-electron chi connectivity index (χ4n) is 1.41. The van der Waals surface area contributed by atoms with Gasteiger partial charge in [0.1, 0.15) is 17.7 Å². The summed E-state index contributed by atoms with van der Waals surface area (Å²) in [7, 11) is 0. The van der Waals surface area contributed by atoms with Gasteiger partial charge in [-0.05, 0) is 37.3 Å². The zero-order chi connectivity index (χ0) is 12.8. The minimum absolute atomic E-state index is 0.0701. The second kappa shape index (κ2) is 5.95. The van der Waals surface area contributed by atoms with Crippen LogP contribution in [0.4, 0.5) is 10.3 Å². The third kappa shape index (κ3) is 3.69. The lowest BCUT2D eigenvalue weighted by molar-refractivity contribution is 0.234. The van der Waals surface area contributed by atoms with Crippen LogP contribution in [0.25, 0.3) is 0 Å². The molecule has 0 saturated heterocycles. The smallest absolute Gasteiger partial charge is 0.222 e. The summed E-state index contributed by atoms with van der Waals surface area (Å²) in [6, 6.07) is 7.70. The first-order valence-electron chi connectivity index (χ1n) is 5.67. The molecule has 5 heteroatoms. The lowest BCUT2D eigenvalue weighted by atomic mass is 10.3. The van der Waals surface area contributed by atoms with Gasteiger partial charge in [0.2, 0.25) is 5.95 Å². The van der Waals surface area contributed by atoms with Crippen molar-refractivity contribution in [1.82, 2.24) is 9.97 Å². The summed E-state index contributed by atoms with van der Waals surface area (Å²) in [6.07, 6.45) is 3.26. The molecule has 4 nitrogen and oxygen atoms in total. The van der Waals surface area contributed by atoms with E-state index in [0.29, 0.717) is 18.2 Å². The van der Waals surface area contributed by atoms with E-state index in [9.17, 15) is 4.39 Å². The summed E-state index contributed by atoms with van der Waals surface area (Å²) in [6.45, 7) is 2.49. The Morgan fingerprint density at radius 2 is 1.89 bits per heavy atom. The number of anilines is 1. The van der Waals surface area contributed by atoms with Crippen molar-refractivity contribution in [3.63, 3.8) is 0 Å². The van der Waals surface area contributed by atoms with E-state index in [-0.39, 0.29) is 11.9 Å². The van der Waals surface area contributed by atoms with E-state index in [2.05, 4.69) is 15.3 Å². The van der Waals surface area contributed by atoms with Gasteiger partial charge < -0.3 is 10.1 Å². The van der Waals surface area contributed by atoms with Gasteiger partial charge in [0.05, 0.1) is 6.54 Å². The molecule has 1 N–H and O–H groups in total. The van der Waals surface area contributed by atoms with Crippen LogP contribution in [0.15, 0.2) is 42.7 Å². The van der Waals surface area contributed by atoms with Crippen LogP contribution in [0, 0.1) is 5.82 Å². The molecule has 18 heavy (non-hydrogen) atoms. The lowest BCUT2D eigenvalue weighted by Gasteiger charge is -2.15. The average molecular weight is 247 g/mol. The van der Waals surface area contributed by atoms with Gasteiger partial charge >= 0.3 is 0 Å². The summed E-state index contributed by atoms with van der Waals surface area (Å²) < 4.78 is 18.3. The predicted molar refractivity (Wildman–Crippen MR) is 67.0 cm³/mol. The molecule has 0 aliphatic rings. The highest BCUT2D eigenvalue weighted by atomic mass is 19.1. The monoisotopic (exact) mass is 247 g/mol. The number of aromatic nitrogens is 2.